The third-order valence-electron chi connectivity index (χ3n) is 3.10. The molecule has 1 N–H and O–H groups in total. The van der Waals surface area contributed by atoms with Crippen LogP contribution in [-0.4, -0.2) is 38.8 Å². The van der Waals surface area contributed by atoms with Crippen LogP contribution in [0, 0.1) is 5.92 Å². The van der Waals surface area contributed by atoms with Crippen LogP contribution in [0.2, 0.25) is 0 Å². The van der Waals surface area contributed by atoms with Crippen molar-refractivity contribution >= 4 is 0 Å². The largest absolute Gasteiger partial charge is 0.387 e. The Kier molecular flexibility index (Phi) is 1.66. The number of β-amino-alcohol motifs (C(OH)–C–C–N with tert-alkyl or cyclic N) is 1. The average Bonchev–Trinajstić information content (AvgIpc) is 2.84. The van der Waals surface area contributed by atoms with E-state index in [1.165, 1.54) is 19.2 Å². The Hall–Kier alpha value is -0.940. The van der Waals surface area contributed by atoms with Crippen molar-refractivity contribution in [3.8, 4) is 0 Å². The minimum absolute atomic E-state index is 0.417. The van der Waals surface area contributed by atoms with Crippen LogP contribution in [0.5, 0.6) is 0 Å². The summed E-state index contributed by atoms with van der Waals surface area (Å²) in [5.41, 5.74) is -0.417. The zero-order valence-corrected chi connectivity index (χ0v) is 7.89. The SMILES string of the molecule is OC1(C2CC2)CN(Cc2ncno2)C1. The van der Waals surface area contributed by atoms with Gasteiger partial charge in [0.25, 0.3) is 0 Å². The highest BCUT2D eigenvalue weighted by atomic mass is 16.5. The van der Waals surface area contributed by atoms with Crippen molar-refractivity contribution in [1.82, 2.24) is 15.0 Å². The first-order valence-electron chi connectivity index (χ1n) is 4.96. The van der Waals surface area contributed by atoms with Crippen LogP contribution < -0.4 is 0 Å². The van der Waals surface area contributed by atoms with Gasteiger partial charge < -0.3 is 9.63 Å². The summed E-state index contributed by atoms with van der Waals surface area (Å²) in [6.07, 6.45) is 3.78. The first-order chi connectivity index (χ1) is 6.76. The highest BCUT2D eigenvalue weighted by Gasteiger charge is 2.51. The third kappa shape index (κ3) is 1.33. The van der Waals surface area contributed by atoms with Crippen LogP contribution >= 0.6 is 0 Å². The summed E-state index contributed by atoms with van der Waals surface area (Å²) in [5.74, 6) is 1.17. The van der Waals surface area contributed by atoms with Crippen molar-refractivity contribution in [2.24, 2.45) is 5.92 Å². The summed E-state index contributed by atoms with van der Waals surface area (Å²) >= 11 is 0. The van der Waals surface area contributed by atoms with Crippen LogP contribution in [-0.2, 0) is 6.54 Å². The predicted molar refractivity (Wildman–Crippen MR) is 47.2 cm³/mol. The summed E-state index contributed by atoms with van der Waals surface area (Å²) in [6.45, 7) is 2.16. The molecule has 3 rings (SSSR count). The second-order valence-electron chi connectivity index (χ2n) is 4.36. The lowest BCUT2D eigenvalue weighted by Gasteiger charge is -2.46. The van der Waals surface area contributed by atoms with Crippen LogP contribution in [0.3, 0.4) is 0 Å². The molecule has 0 unspecified atom stereocenters. The maximum absolute atomic E-state index is 10.0. The highest BCUT2D eigenvalue weighted by molar-refractivity contribution is 5.05. The normalized spacial score (nSPS) is 26.1. The van der Waals surface area contributed by atoms with Gasteiger partial charge >= 0.3 is 0 Å². The topological polar surface area (TPSA) is 62.4 Å². The first-order valence-corrected chi connectivity index (χ1v) is 4.96. The van der Waals surface area contributed by atoms with Gasteiger partial charge in [0.2, 0.25) is 5.89 Å². The van der Waals surface area contributed by atoms with Crippen LogP contribution in [0.1, 0.15) is 18.7 Å². The van der Waals surface area contributed by atoms with Crippen molar-refractivity contribution in [2.75, 3.05) is 13.1 Å². The molecule has 2 aliphatic rings. The lowest BCUT2D eigenvalue weighted by atomic mass is 9.89. The molecule has 0 aromatic carbocycles. The smallest absolute Gasteiger partial charge is 0.240 e. The lowest BCUT2D eigenvalue weighted by molar-refractivity contribution is -0.119. The summed E-state index contributed by atoms with van der Waals surface area (Å²) in [4.78, 5) is 6.08. The van der Waals surface area contributed by atoms with Crippen molar-refractivity contribution in [3.63, 3.8) is 0 Å². The molecule has 1 aromatic heterocycles. The Morgan fingerprint density at radius 2 is 2.36 bits per heavy atom. The monoisotopic (exact) mass is 195 g/mol. The van der Waals surface area contributed by atoms with Gasteiger partial charge in [-0.25, -0.2) is 0 Å². The summed E-state index contributed by atoms with van der Waals surface area (Å²) in [5, 5.41) is 13.6. The van der Waals surface area contributed by atoms with E-state index in [9.17, 15) is 5.11 Å². The fraction of sp³-hybridized carbons (Fsp3) is 0.778. The van der Waals surface area contributed by atoms with Gasteiger partial charge in [-0.15, -0.1) is 0 Å². The van der Waals surface area contributed by atoms with Crippen molar-refractivity contribution in [1.29, 1.82) is 0 Å². The zero-order valence-electron chi connectivity index (χ0n) is 7.89. The number of aliphatic hydroxyl groups is 1. The number of likely N-dealkylation sites (tertiary alicyclic amines) is 1. The minimum atomic E-state index is -0.417. The van der Waals surface area contributed by atoms with E-state index >= 15 is 0 Å². The van der Waals surface area contributed by atoms with Gasteiger partial charge in [0.05, 0.1) is 12.1 Å². The van der Waals surface area contributed by atoms with E-state index in [0.29, 0.717) is 18.4 Å². The van der Waals surface area contributed by atoms with E-state index in [2.05, 4.69) is 15.0 Å². The second kappa shape index (κ2) is 2.77. The number of aromatic nitrogens is 2. The molecule has 1 saturated carbocycles. The van der Waals surface area contributed by atoms with Crippen molar-refractivity contribution in [2.45, 2.75) is 25.0 Å². The maximum atomic E-state index is 10.0. The molecular formula is C9H13N3O2. The molecule has 2 fully saturated rings. The molecule has 0 radical (unpaired) electrons. The summed E-state index contributed by atoms with van der Waals surface area (Å²) in [6, 6.07) is 0. The van der Waals surface area contributed by atoms with Crippen molar-refractivity contribution < 1.29 is 9.63 Å². The van der Waals surface area contributed by atoms with Crippen molar-refractivity contribution in [3.05, 3.63) is 12.2 Å². The van der Waals surface area contributed by atoms with E-state index in [-0.39, 0.29) is 0 Å². The molecular weight excluding hydrogens is 182 g/mol. The second-order valence-corrected chi connectivity index (χ2v) is 4.36. The molecule has 14 heavy (non-hydrogen) atoms. The zero-order chi connectivity index (χ0) is 9.60. The number of rotatable bonds is 3. The molecule has 1 aromatic rings. The molecule has 0 bridgehead atoms. The van der Waals surface area contributed by atoms with E-state index in [4.69, 9.17) is 4.52 Å². The van der Waals surface area contributed by atoms with Crippen LogP contribution in [0.15, 0.2) is 10.9 Å². The molecule has 0 atom stereocenters. The third-order valence-corrected chi connectivity index (χ3v) is 3.10. The van der Waals surface area contributed by atoms with E-state index in [0.717, 1.165) is 13.1 Å². The Bertz CT molecular complexity index is 315. The maximum Gasteiger partial charge on any atom is 0.240 e. The summed E-state index contributed by atoms with van der Waals surface area (Å²) in [7, 11) is 0. The van der Waals surface area contributed by atoms with E-state index in [1.54, 1.807) is 0 Å². The van der Waals surface area contributed by atoms with Gasteiger partial charge in [-0.1, -0.05) is 5.16 Å². The molecule has 1 aliphatic heterocycles. The molecule has 1 aliphatic carbocycles. The molecule has 1 saturated heterocycles. The standard InChI is InChI=1S/C9H13N3O2/c13-9(7-1-2-7)4-12(5-9)3-8-10-6-11-14-8/h6-7,13H,1-5H2. The van der Waals surface area contributed by atoms with Gasteiger partial charge in [-0.05, 0) is 18.8 Å². The Morgan fingerprint density at radius 1 is 1.57 bits per heavy atom. The van der Waals surface area contributed by atoms with Gasteiger partial charge in [0, 0.05) is 13.1 Å². The van der Waals surface area contributed by atoms with Gasteiger partial charge in [-0.3, -0.25) is 4.90 Å². The minimum Gasteiger partial charge on any atom is -0.387 e. The van der Waals surface area contributed by atoms with Crippen LogP contribution in [0.4, 0.5) is 0 Å². The number of nitrogens with zero attached hydrogens (tertiary/aromatic N) is 3. The van der Waals surface area contributed by atoms with Crippen LogP contribution in [0.25, 0.3) is 0 Å². The fourth-order valence-electron chi connectivity index (χ4n) is 2.18. The van der Waals surface area contributed by atoms with E-state index in [1.807, 2.05) is 0 Å². The van der Waals surface area contributed by atoms with E-state index < -0.39 is 5.60 Å². The molecule has 0 spiro atoms. The first kappa shape index (κ1) is 8.38. The predicted octanol–water partition coefficient (Wildman–Crippen LogP) is 0.0263. The summed E-state index contributed by atoms with van der Waals surface area (Å²) < 4.78 is 4.90. The number of hydrogen-bond acceptors (Lipinski definition) is 5. The van der Waals surface area contributed by atoms with Gasteiger partial charge in [0.1, 0.15) is 0 Å². The van der Waals surface area contributed by atoms with Gasteiger partial charge in [0.15, 0.2) is 6.33 Å². The highest BCUT2D eigenvalue weighted by Crippen LogP contribution is 2.44. The van der Waals surface area contributed by atoms with Gasteiger partial charge in [-0.2, -0.15) is 4.98 Å². The molecule has 5 heteroatoms. The quantitative estimate of drug-likeness (QED) is 0.737. The average molecular weight is 195 g/mol. The molecule has 5 nitrogen and oxygen atoms in total. The molecule has 2 heterocycles. The molecule has 76 valence electrons. The fourth-order valence-corrected chi connectivity index (χ4v) is 2.18. The number of hydrogen-bond donors (Lipinski definition) is 1. The Morgan fingerprint density at radius 3 is 2.93 bits per heavy atom. The Labute approximate surface area is 81.7 Å². The Balaban J connectivity index is 1.54. The molecule has 0 amide bonds. The lowest BCUT2D eigenvalue weighted by Crippen LogP contribution is -2.62.